The minimum absolute atomic E-state index is 0.171. The summed E-state index contributed by atoms with van der Waals surface area (Å²) in [6, 6.07) is 4.27. The first-order valence-electron chi connectivity index (χ1n) is 6.00. The smallest absolute Gasteiger partial charge is 0.335 e. The summed E-state index contributed by atoms with van der Waals surface area (Å²) in [6.07, 6.45) is 1.97. The van der Waals surface area contributed by atoms with Gasteiger partial charge in [-0.05, 0) is 40.5 Å². The van der Waals surface area contributed by atoms with Crippen molar-refractivity contribution in [3.8, 4) is 0 Å². The summed E-state index contributed by atoms with van der Waals surface area (Å²) < 4.78 is 0.546. The molecule has 0 aliphatic rings. The zero-order valence-corrected chi connectivity index (χ0v) is 12.5. The van der Waals surface area contributed by atoms with Crippen LogP contribution in [0.25, 0.3) is 0 Å². The maximum absolute atomic E-state index is 11.9. The van der Waals surface area contributed by atoms with Crippen LogP contribution in [-0.2, 0) is 0 Å². The van der Waals surface area contributed by atoms with Crippen LogP contribution in [-0.4, -0.2) is 35.6 Å². The number of carboxylic acids is 1. The van der Waals surface area contributed by atoms with Crippen molar-refractivity contribution in [1.82, 2.24) is 4.90 Å². The molecule has 0 aliphatic heterocycles. The zero-order chi connectivity index (χ0) is 14.4. The van der Waals surface area contributed by atoms with Crippen molar-refractivity contribution < 1.29 is 14.7 Å². The molecule has 5 nitrogen and oxygen atoms in total. The van der Waals surface area contributed by atoms with E-state index in [2.05, 4.69) is 28.2 Å². The molecule has 0 spiro atoms. The van der Waals surface area contributed by atoms with Gasteiger partial charge in [0.1, 0.15) is 0 Å². The SMILES string of the molecule is CCCCN(C)C(=O)Nc1ccc(C(=O)O)cc1Br. The number of nitrogens with one attached hydrogen (secondary N) is 1. The fraction of sp³-hybridized carbons (Fsp3) is 0.385. The zero-order valence-electron chi connectivity index (χ0n) is 10.9. The Bertz CT molecular complexity index is 477. The number of anilines is 1. The normalized spacial score (nSPS) is 10.1. The number of hydrogen-bond donors (Lipinski definition) is 2. The number of urea groups is 1. The fourth-order valence-corrected chi connectivity index (χ4v) is 1.93. The number of rotatable bonds is 5. The number of hydrogen-bond acceptors (Lipinski definition) is 2. The van der Waals surface area contributed by atoms with Crippen molar-refractivity contribution in [2.75, 3.05) is 18.9 Å². The van der Waals surface area contributed by atoms with Gasteiger partial charge in [-0.2, -0.15) is 0 Å². The van der Waals surface area contributed by atoms with Crippen LogP contribution < -0.4 is 5.32 Å². The maximum Gasteiger partial charge on any atom is 0.335 e. The molecule has 0 saturated heterocycles. The number of carboxylic acid groups (broad SMARTS) is 1. The Morgan fingerprint density at radius 3 is 2.63 bits per heavy atom. The predicted octanol–water partition coefficient (Wildman–Crippen LogP) is 3.41. The number of aromatic carboxylic acids is 1. The number of amides is 2. The van der Waals surface area contributed by atoms with E-state index in [0.29, 0.717) is 16.7 Å². The van der Waals surface area contributed by atoms with Crippen molar-refractivity contribution in [3.05, 3.63) is 28.2 Å². The maximum atomic E-state index is 11.9. The molecule has 1 aromatic rings. The lowest BCUT2D eigenvalue weighted by molar-refractivity contribution is 0.0697. The summed E-state index contributed by atoms with van der Waals surface area (Å²) in [6.45, 7) is 2.75. The summed E-state index contributed by atoms with van der Waals surface area (Å²) in [4.78, 5) is 24.3. The van der Waals surface area contributed by atoms with Crippen molar-refractivity contribution in [1.29, 1.82) is 0 Å². The van der Waals surface area contributed by atoms with Crippen molar-refractivity contribution >= 4 is 33.6 Å². The van der Waals surface area contributed by atoms with Crippen LogP contribution in [0.5, 0.6) is 0 Å². The van der Waals surface area contributed by atoms with E-state index in [1.165, 1.54) is 12.1 Å². The van der Waals surface area contributed by atoms with E-state index < -0.39 is 5.97 Å². The summed E-state index contributed by atoms with van der Waals surface area (Å²) in [7, 11) is 1.73. The first-order valence-corrected chi connectivity index (χ1v) is 6.80. The van der Waals surface area contributed by atoms with Gasteiger partial charge in [0.15, 0.2) is 0 Å². The highest BCUT2D eigenvalue weighted by Gasteiger charge is 2.11. The van der Waals surface area contributed by atoms with E-state index in [1.54, 1.807) is 18.0 Å². The molecule has 0 saturated carbocycles. The molecule has 2 N–H and O–H groups in total. The monoisotopic (exact) mass is 328 g/mol. The molecule has 0 heterocycles. The van der Waals surface area contributed by atoms with Crippen molar-refractivity contribution in [2.45, 2.75) is 19.8 Å². The van der Waals surface area contributed by atoms with E-state index in [0.717, 1.165) is 12.8 Å². The molecular formula is C13H17BrN2O3. The second-order valence-corrected chi connectivity index (χ2v) is 5.06. The molecule has 0 fully saturated rings. The Labute approximate surface area is 120 Å². The van der Waals surface area contributed by atoms with Crippen LogP contribution in [0.15, 0.2) is 22.7 Å². The molecule has 2 amide bonds. The second kappa shape index (κ2) is 7.13. The van der Waals surface area contributed by atoms with Gasteiger partial charge in [-0.3, -0.25) is 0 Å². The van der Waals surface area contributed by atoms with E-state index in [-0.39, 0.29) is 11.6 Å². The Balaban J connectivity index is 2.72. The lowest BCUT2D eigenvalue weighted by atomic mass is 10.2. The molecule has 19 heavy (non-hydrogen) atoms. The van der Waals surface area contributed by atoms with Gasteiger partial charge in [-0.15, -0.1) is 0 Å². The lowest BCUT2D eigenvalue weighted by Crippen LogP contribution is -2.32. The highest BCUT2D eigenvalue weighted by molar-refractivity contribution is 9.10. The molecule has 0 atom stereocenters. The molecule has 104 valence electrons. The molecule has 0 bridgehead atoms. The van der Waals surface area contributed by atoms with Crippen LogP contribution >= 0.6 is 15.9 Å². The van der Waals surface area contributed by atoms with Crippen LogP contribution in [0.1, 0.15) is 30.1 Å². The molecule has 0 aliphatic carbocycles. The van der Waals surface area contributed by atoms with Gasteiger partial charge in [0.25, 0.3) is 0 Å². The number of unbranched alkanes of at least 4 members (excludes halogenated alkanes) is 1. The molecule has 0 aromatic heterocycles. The van der Waals surface area contributed by atoms with E-state index in [4.69, 9.17) is 5.11 Å². The number of benzene rings is 1. The third-order valence-corrected chi connectivity index (χ3v) is 3.31. The summed E-state index contributed by atoms with van der Waals surface area (Å²) in [5, 5.41) is 11.6. The van der Waals surface area contributed by atoms with Gasteiger partial charge in [-0.25, -0.2) is 9.59 Å². The first kappa shape index (κ1) is 15.5. The van der Waals surface area contributed by atoms with Crippen LogP contribution in [0.3, 0.4) is 0 Å². The summed E-state index contributed by atoms with van der Waals surface area (Å²) in [5.74, 6) is -1.00. The number of halogens is 1. The Morgan fingerprint density at radius 1 is 1.42 bits per heavy atom. The topological polar surface area (TPSA) is 69.6 Å². The summed E-state index contributed by atoms with van der Waals surface area (Å²) >= 11 is 3.25. The number of carbonyl (C=O) groups is 2. The molecule has 0 unspecified atom stereocenters. The van der Waals surface area contributed by atoms with Gasteiger partial charge < -0.3 is 15.3 Å². The van der Waals surface area contributed by atoms with Crippen LogP contribution in [0.2, 0.25) is 0 Å². The molecule has 6 heteroatoms. The third-order valence-electron chi connectivity index (χ3n) is 2.65. The number of carbonyl (C=O) groups excluding carboxylic acids is 1. The highest BCUT2D eigenvalue weighted by Crippen LogP contribution is 2.24. The average molecular weight is 329 g/mol. The second-order valence-electron chi connectivity index (χ2n) is 4.21. The highest BCUT2D eigenvalue weighted by atomic mass is 79.9. The summed E-state index contributed by atoms with van der Waals surface area (Å²) in [5.41, 5.74) is 0.725. The quantitative estimate of drug-likeness (QED) is 0.870. The van der Waals surface area contributed by atoms with Gasteiger partial charge in [0.2, 0.25) is 0 Å². The van der Waals surface area contributed by atoms with Gasteiger partial charge in [0.05, 0.1) is 11.3 Å². The van der Waals surface area contributed by atoms with Crippen molar-refractivity contribution in [3.63, 3.8) is 0 Å². The fourth-order valence-electron chi connectivity index (χ4n) is 1.46. The molecule has 0 radical (unpaired) electrons. The Kier molecular flexibility index (Phi) is 5.82. The Hall–Kier alpha value is -1.56. The van der Waals surface area contributed by atoms with Gasteiger partial charge in [-0.1, -0.05) is 13.3 Å². The largest absolute Gasteiger partial charge is 0.478 e. The minimum atomic E-state index is -1.00. The molecule has 1 aromatic carbocycles. The van der Waals surface area contributed by atoms with Crippen LogP contribution in [0, 0.1) is 0 Å². The van der Waals surface area contributed by atoms with E-state index in [1.807, 2.05) is 0 Å². The first-order chi connectivity index (χ1) is 8.95. The third kappa shape index (κ3) is 4.55. The average Bonchev–Trinajstić information content (AvgIpc) is 2.37. The minimum Gasteiger partial charge on any atom is -0.478 e. The van der Waals surface area contributed by atoms with E-state index >= 15 is 0 Å². The molecule has 1 rings (SSSR count). The Morgan fingerprint density at radius 2 is 2.11 bits per heavy atom. The van der Waals surface area contributed by atoms with Crippen molar-refractivity contribution in [2.24, 2.45) is 0 Å². The predicted molar refractivity (Wildman–Crippen MR) is 77.7 cm³/mol. The molecular weight excluding hydrogens is 312 g/mol. The number of nitrogens with zero attached hydrogens (tertiary/aromatic N) is 1. The van der Waals surface area contributed by atoms with Gasteiger partial charge >= 0.3 is 12.0 Å². The lowest BCUT2D eigenvalue weighted by Gasteiger charge is -2.18. The standard InChI is InChI=1S/C13H17BrN2O3/c1-3-4-7-16(2)13(19)15-11-6-5-9(12(17)18)8-10(11)14/h5-6,8H,3-4,7H2,1-2H3,(H,15,19)(H,17,18). The van der Waals surface area contributed by atoms with Gasteiger partial charge in [0, 0.05) is 18.1 Å². The van der Waals surface area contributed by atoms with E-state index in [9.17, 15) is 9.59 Å². The van der Waals surface area contributed by atoms with Crippen LogP contribution in [0.4, 0.5) is 10.5 Å².